The highest BCUT2D eigenvalue weighted by molar-refractivity contribution is 7.81. The van der Waals surface area contributed by atoms with Crippen molar-refractivity contribution in [2.75, 3.05) is 9.80 Å². The minimum atomic E-state index is -0.532. The second kappa shape index (κ2) is 8.57. The van der Waals surface area contributed by atoms with E-state index in [1.165, 1.54) is 28.0 Å². The summed E-state index contributed by atoms with van der Waals surface area (Å²) >= 11 is 11.6. The van der Waals surface area contributed by atoms with Gasteiger partial charge in [-0.05, 0) is 85.2 Å². The lowest BCUT2D eigenvalue weighted by Gasteiger charge is -2.36. The summed E-state index contributed by atoms with van der Waals surface area (Å²) in [7, 11) is 0. The molecule has 3 aromatic rings. The van der Waals surface area contributed by atoms with E-state index in [2.05, 4.69) is 0 Å². The number of benzene rings is 3. The molecule has 4 rings (SSSR count). The highest BCUT2D eigenvalue weighted by Crippen LogP contribution is 2.31. The Balaban J connectivity index is 1.88. The molecule has 0 radical (unpaired) electrons. The van der Waals surface area contributed by atoms with Gasteiger partial charge in [0.05, 0.1) is 16.4 Å². The van der Waals surface area contributed by atoms with Crippen molar-refractivity contribution in [3.05, 3.63) is 94.0 Å². The minimum absolute atomic E-state index is 0.0672. The molecule has 1 aliphatic heterocycles. The van der Waals surface area contributed by atoms with Crippen LogP contribution in [0, 0.1) is 13.8 Å². The zero-order valence-electron chi connectivity index (χ0n) is 17.4. The molecule has 32 heavy (non-hydrogen) atoms. The molecule has 1 heterocycles. The summed E-state index contributed by atoms with van der Waals surface area (Å²) in [6.07, 6.45) is 1.46. The smallest absolute Gasteiger partial charge is 0.270 e. The number of phenols is 1. The van der Waals surface area contributed by atoms with Crippen LogP contribution in [-0.4, -0.2) is 22.0 Å². The van der Waals surface area contributed by atoms with Crippen LogP contribution < -0.4 is 9.80 Å². The van der Waals surface area contributed by atoms with Crippen LogP contribution in [0.4, 0.5) is 11.4 Å². The number of thiocarbonyl (C=S) groups is 1. The summed E-state index contributed by atoms with van der Waals surface area (Å²) in [5, 5.41) is 9.90. The number of aromatic hydroxyl groups is 1. The van der Waals surface area contributed by atoms with E-state index in [1.54, 1.807) is 36.4 Å². The normalized spacial score (nSPS) is 15.6. The summed E-state index contributed by atoms with van der Waals surface area (Å²) in [5.74, 6) is -1.14. The first-order valence-corrected chi connectivity index (χ1v) is 10.6. The topological polar surface area (TPSA) is 60.9 Å². The maximum atomic E-state index is 13.5. The van der Waals surface area contributed by atoms with Gasteiger partial charge in [-0.1, -0.05) is 41.9 Å². The summed E-state index contributed by atoms with van der Waals surface area (Å²) in [4.78, 5) is 29.7. The number of para-hydroxylation sites is 1. The molecule has 1 fully saturated rings. The Bertz CT molecular complexity index is 1290. The third-order valence-corrected chi connectivity index (χ3v) is 5.96. The summed E-state index contributed by atoms with van der Waals surface area (Å²) in [6.45, 7) is 3.93. The molecule has 0 atom stereocenters. The molecular formula is C25H19ClN2O3S. The van der Waals surface area contributed by atoms with Crippen molar-refractivity contribution in [2.24, 2.45) is 0 Å². The molecule has 1 N–H and O–H groups in total. The van der Waals surface area contributed by atoms with Crippen LogP contribution in [0.5, 0.6) is 5.75 Å². The second-order valence-electron chi connectivity index (χ2n) is 7.44. The Kier molecular flexibility index (Phi) is 5.82. The average Bonchev–Trinajstić information content (AvgIpc) is 2.77. The Hall–Kier alpha value is -3.48. The number of hydrogen-bond donors (Lipinski definition) is 1. The number of hydrogen-bond acceptors (Lipinski definition) is 4. The Morgan fingerprint density at radius 2 is 1.50 bits per heavy atom. The summed E-state index contributed by atoms with van der Waals surface area (Å²) < 4.78 is 0. The number of rotatable bonds is 3. The first-order valence-electron chi connectivity index (χ1n) is 9.83. The molecule has 0 unspecified atom stereocenters. The summed E-state index contributed by atoms with van der Waals surface area (Å²) in [6, 6.07) is 19.0. The van der Waals surface area contributed by atoms with E-state index in [1.807, 2.05) is 32.0 Å². The zero-order chi connectivity index (χ0) is 23.0. The van der Waals surface area contributed by atoms with Crippen LogP contribution in [0.2, 0.25) is 5.02 Å². The number of halogens is 1. The number of carbonyl (C=O) groups excluding carboxylic acids is 2. The van der Waals surface area contributed by atoms with Crippen molar-refractivity contribution in [3.8, 4) is 5.75 Å². The number of aryl methyl sites for hydroxylation is 2. The van der Waals surface area contributed by atoms with Gasteiger partial charge < -0.3 is 5.11 Å². The molecule has 3 aromatic carbocycles. The van der Waals surface area contributed by atoms with Gasteiger partial charge in [-0.25, -0.2) is 0 Å². The van der Waals surface area contributed by atoms with Crippen molar-refractivity contribution < 1.29 is 14.7 Å². The standard InChI is InChI=1S/C25H19ClN2O3S/c1-15-8-10-19(12-16(15)2)28-24(31)20(13-17-9-11-22(29)21(26)14-17)23(30)27(25(28)32)18-6-4-3-5-7-18/h3-14,29H,1-2H3/b20-13-. The number of nitrogens with zero attached hydrogens (tertiary/aromatic N) is 2. The number of amides is 2. The van der Waals surface area contributed by atoms with E-state index in [0.717, 1.165) is 11.1 Å². The molecule has 0 saturated carbocycles. The zero-order valence-corrected chi connectivity index (χ0v) is 18.9. The maximum absolute atomic E-state index is 13.5. The van der Waals surface area contributed by atoms with Crippen LogP contribution in [0.25, 0.3) is 6.08 Å². The molecule has 160 valence electrons. The Labute approximate surface area is 196 Å². The lowest BCUT2D eigenvalue weighted by molar-refractivity contribution is -0.120. The van der Waals surface area contributed by atoms with Gasteiger partial charge in [0.1, 0.15) is 11.3 Å². The van der Waals surface area contributed by atoms with Crippen molar-refractivity contribution >= 4 is 58.2 Å². The number of anilines is 2. The van der Waals surface area contributed by atoms with Crippen LogP contribution in [0.3, 0.4) is 0 Å². The van der Waals surface area contributed by atoms with E-state index >= 15 is 0 Å². The monoisotopic (exact) mass is 462 g/mol. The van der Waals surface area contributed by atoms with Gasteiger partial charge >= 0.3 is 0 Å². The van der Waals surface area contributed by atoms with Gasteiger partial charge in [-0.2, -0.15) is 0 Å². The lowest BCUT2D eigenvalue weighted by Crippen LogP contribution is -2.57. The van der Waals surface area contributed by atoms with Crippen molar-refractivity contribution in [2.45, 2.75) is 13.8 Å². The molecule has 2 amide bonds. The maximum Gasteiger partial charge on any atom is 0.270 e. The quantitative estimate of drug-likeness (QED) is 0.321. The average molecular weight is 463 g/mol. The predicted octanol–water partition coefficient (Wildman–Crippen LogP) is 5.41. The fourth-order valence-electron chi connectivity index (χ4n) is 3.41. The molecule has 0 aliphatic carbocycles. The van der Waals surface area contributed by atoms with Crippen molar-refractivity contribution in [1.29, 1.82) is 0 Å². The Morgan fingerprint density at radius 1 is 0.844 bits per heavy atom. The van der Waals surface area contributed by atoms with Gasteiger partial charge in [0.25, 0.3) is 11.8 Å². The van der Waals surface area contributed by atoms with Crippen molar-refractivity contribution in [1.82, 2.24) is 0 Å². The fourth-order valence-corrected chi connectivity index (χ4v) is 3.97. The highest BCUT2D eigenvalue weighted by Gasteiger charge is 2.41. The van der Waals surface area contributed by atoms with Crippen molar-refractivity contribution in [3.63, 3.8) is 0 Å². The molecule has 0 aromatic heterocycles. The van der Waals surface area contributed by atoms with E-state index in [0.29, 0.717) is 16.9 Å². The molecule has 0 bridgehead atoms. The molecule has 5 nitrogen and oxygen atoms in total. The second-order valence-corrected chi connectivity index (χ2v) is 8.21. The minimum Gasteiger partial charge on any atom is -0.506 e. The van der Waals surface area contributed by atoms with E-state index < -0.39 is 11.8 Å². The third kappa shape index (κ3) is 3.90. The molecule has 0 spiro atoms. The van der Waals surface area contributed by atoms with Gasteiger partial charge in [0, 0.05) is 0 Å². The number of phenolic OH excluding ortho intramolecular Hbond substituents is 1. The van der Waals surface area contributed by atoms with E-state index in [-0.39, 0.29) is 21.5 Å². The molecule has 1 aliphatic rings. The van der Waals surface area contributed by atoms with Crippen LogP contribution in [0.15, 0.2) is 72.3 Å². The van der Waals surface area contributed by atoms with Crippen LogP contribution in [0.1, 0.15) is 16.7 Å². The lowest BCUT2D eigenvalue weighted by atomic mass is 10.0. The predicted molar refractivity (Wildman–Crippen MR) is 131 cm³/mol. The largest absolute Gasteiger partial charge is 0.506 e. The highest BCUT2D eigenvalue weighted by atomic mass is 35.5. The number of carbonyl (C=O) groups is 2. The van der Waals surface area contributed by atoms with Crippen LogP contribution >= 0.6 is 23.8 Å². The first-order chi connectivity index (χ1) is 15.3. The van der Waals surface area contributed by atoms with E-state index in [4.69, 9.17) is 23.8 Å². The van der Waals surface area contributed by atoms with E-state index in [9.17, 15) is 14.7 Å². The van der Waals surface area contributed by atoms with Gasteiger partial charge in [0.15, 0.2) is 5.11 Å². The Morgan fingerprint density at radius 3 is 2.12 bits per heavy atom. The SMILES string of the molecule is Cc1ccc(N2C(=O)/C(=C\c3ccc(O)c(Cl)c3)C(=O)N(c3ccccc3)C2=S)cc1C. The molecule has 7 heteroatoms. The molecule has 1 saturated heterocycles. The third-order valence-electron chi connectivity index (χ3n) is 5.30. The first kappa shape index (κ1) is 21.7. The van der Waals surface area contributed by atoms with Gasteiger partial charge in [-0.15, -0.1) is 0 Å². The fraction of sp³-hybridized carbons (Fsp3) is 0.0800. The van der Waals surface area contributed by atoms with Gasteiger partial charge in [-0.3, -0.25) is 19.4 Å². The molecular weight excluding hydrogens is 444 g/mol. The van der Waals surface area contributed by atoms with Crippen LogP contribution in [-0.2, 0) is 9.59 Å². The van der Waals surface area contributed by atoms with Gasteiger partial charge in [0.2, 0.25) is 0 Å². The summed E-state index contributed by atoms with van der Waals surface area (Å²) in [5.41, 5.74) is 3.64.